The number of benzene rings is 3. The van der Waals surface area contributed by atoms with Crippen LogP contribution in [0.25, 0.3) is 22.0 Å². The first-order valence-corrected chi connectivity index (χ1v) is 12.5. The van der Waals surface area contributed by atoms with Crippen LogP contribution in [0, 0.1) is 6.92 Å². The molecule has 0 fully saturated rings. The highest BCUT2D eigenvalue weighted by Gasteiger charge is 2.35. The molecule has 0 radical (unpaired) electrons. The molecule has 0 saturated heterocycles. The number of alkyl halides is 3. The number of methoxy groups -OCH3 is 2. The Hall–Kier alpha value is -4.66. The normalized spacial score (nSPS) is 11.4. The summed E-state index contributed by atoms with van der Waals surface area (Å²) >= 11 is 0. The molecule has 6 nitrogen and oxygen atoms in total. The standard InChI is InChI=1S/C31H27F3N4O2/c1-20-27(31(32,33)34)16-36-30(29(20)23-8-9-24-15-35-19-37-28(24)14-23)38(17-21-4-10-25(39-2)11-5-21)18-22-6-12-26(40-3)13-7-22/h4-16,19H,17-18H2,1-3H3. The lowest BCUT2D eigenvalue weighted by molar-refractivity contribution is -0.138. The van der Waals surface area contributed by atoms with Gasteiger partial charge < -0.3 is 14.4 Å². The van der Waals surface area contributed by atoms with Gasteiger partial charge in [0.05, 0.1) is 25.3 Å². The zero-order valence-electron chi connectivity index (χ0n) is 22.2. The Morgan fingerprint density at radius 1 is 0.775 bits per heavy atom. The number of aromatic nitrogens is 3. The fourth-order valence-electron chi connectivity index (χ4n) is 4.70. The Kier molecular flexibility index (Phi) is 7.55. The predicted molar refractivity (Wildman–Crippen MR) is 148 cm³/mol. The van der Waals surface area contributed by atoms with E-state index in [4.69, 9.17) is 9.47 Å². The molecule has 0 spiro atoms. The number of rotatable bonds is 8. The number of hydrogen-bond acceptors (Lipinski definition) is 6. The fourth-order valence-corrected chi connectivity index (χ4v) is 4.70. The first kappa shape index (κ1) is 26.9. The molecule has 2 heterocycles. The number of hydrogen-bond donors (Lipinski definition) is 0. The fraction of sp³-hybridized carbons (Fsp3) is 0.194. The molecule has 0 aliphatic heterocycles. The van der Waals surface area contributed by atoms with Crippen molar-refractivity contribution in [2.24, 2.45) is 0 Å². The first-order chi connectivity index (χ1) is 19.3. The Labute approximate surface area is 230 Å². The van der Waals surface area contributed by atoms with Crippen LogP contribution in [0.5, 0.6) is 11.5 Å². The zero-order valence-corrected chi connectivity index (χ0v) is 22.2. The molecule has 0 atom stereocenters. The van der Waals surface area contributed by atoms with Crippen molar-refractivity contribution in [2.75, 3.05) is 19.1 Å². The highest BCUT2D eigenvalue weighted by molar-refractivity contribution is 5.88. The molecule has 0 unspecified atom stereocenters. The van der Waals surface area contributed by atoms with E-state index in [-0.39, 0.29) is 5.56 Å². The van der Waals surface area contributed by atoms with Gasteiger partial charge in [-0.1, -0.05) is 36.4 Å². The van der Waals surface area contributed by atoms with E-state index in [0.717, 1.165) is 22.7 Å². The largest absolute Gasteiger partial charge is 0.497 e. The molecular weight excluding hydrogens is 517 g/mol. The van der Waals surface area contributed by atoms with Gasteiger partial charge in [0.2, 0.25) is 0 Å². The van der Waals surface area contributed by atoms with Crippen molar-refractivity contribution in [1.82, 2.24) is 15.0 Å². The van der Waals surface area contributed by atoms with Gasteiger partial charge in [0.1, 0.15) is 23.6 Å². The van der Waals surface area contributed by atoms with Crippen LogP contribution in [0.4, 0.5) is 19.0 Å². The van der Waals surface area contributed by atoms with Gasteiger partial charge in [-0.25, -0.2) is 15.0 Å². The maximum atomic E-state index is 14.1. The summed E-state index contributed by atoms with van der Waals surface area (Å²) in [5.41, 5.74) is 2.84. The van der Waals surface area contributed by atoms with Gasteiger partial charge in [-0.2, -0.15) is 13.2 Å². The maximum absolute atomic E-state index is 14.1. The Balaban J connectivity index is 1.68. The van der Waals surface area contributed by atoms with Crippen molar-refractivity contribution in [1.29, 1.82) is 0 Å². The Morgan fingerprint density at radius 3 is 1.93 bits per heavy atom. The summed E-state index contributed by atoms with van der Waals surface area (Å²) in [7, 11) is 3.20. The van der Waals surface area contributed by atoms with Crippen LogP contribution in [0.2, 0.25) is 0 Å². The molecule has 9 heteroatoms. The highest BCUT2D eigenvalue weighted by atomic mass is 19.4. The number of ether oxygens (including phenoxy) is 2. The number of halogens is 3. The molecule has 204 valence electrons. The van der Waals surface area contributed by atoms with Crippen molar-refractivity contribution in [2.45, 2.75) is 26.2 Å². The lowest BCUT2D eigenvalue weighted by atomic mass is 9.96. The summed E-state index contributed by atoms with van der Waals surface area (Å²) in [6.45, 7) is 2.29. The molecule has 0 bridgehead atoms. The molecule has 5 rings (SSSR count). The topological polar surface area (TPSA) is 60.4 Å². The van der Waals surface area contributed by atoms with Crippen LogP contribution in [0.3, 0.4) is 0 Å². The van der Waals surface area contributed by atoms with Gasteiger partial charge in [0, 0.05) is 36.4 Å². The van der Waals surface area contributed by atoms with Gasteiger partial charge in [-0.05, 0) is 59.5 Å². The van der Waals surface area contributed by atoms with E-state index in [1.807, 2.05) is 59.5 Å². The van der Waals surface area contributed by atoms with Crippen LogP contribution in [-0.4, -0.2) is 29.2 Å². The Morgan fingerprint density at radius 2 is 1.38 bits per heavy atom. The quantitative estimate of drug-likeness (QED) is 0.205. The summed E-state index contributed by atoms with van der Waals surface area (Å²) in [5.74, 6) is 1.87. The van der Waals surface area contributed by atoms with Gasteiger partial charge in [-0.3, -0.25) is 0 Å². The molecule has 0 aliphatic rings. The lowest BCUT2D eigenvalue weighted by Gasteiger charge is -2.28. The molecule has 0 amide bonds. The number of nitrogens with zero attached hydrogens (tertiary/aromatic N) is 4. The summed E-state index contributed by atoms with van der Waals surface area (Å²) in [4.78, 5) is 14.8. The van der Waals surface area contributed by atoms with Gasteiger partial charge >= 0.3 is 6.18 Å². The average molecular weight is 545 g/mol. The van der Waals surface area contributed by atoms with Crippen LogP contribution in [0.1, 0.15) is 22.3 Å². The minimum atomic E-state index is -4.56. The van der Waals surface area contributed by atoms with E-state index in [9.17, 15) is 13.2 Å². The van der Waals surface area contributed by atoms with Crippen molar-refractivity contribution in [3.05, 3.63) is 108 Å². The summed E-state index contributed by atoms with van der Waals surface area (Å²) in [5, 5.41) is 0.790. The zero-order chi connectivity index (χ0) is 28.3. The second-order valence-electron chi connectivity index (χ2n) is 9.34. The monoisotopic (exact) mass is 544 g/mol. The third-order valence-electron chi connectivity index (χ3n) is 6.78. The van der Waals surface area contributed by atoms with Gasteiger partial charge in [0.25, 0.3) is 0 Å². The Bertz CT molecular complexity index is 1570. The molecule has 0 N–H and O–H groups in total. The number of fused-ring (bicyclic) bond motifs is 1. The summed E-state index contributed by atoms with van der Waals surface area (Å²) < 4.78 is 52.8. The van der Waals surface area contributed by atoms with E-state index in [1.54, 1.807) is 32.5 Å². The molecule has 40 heavy (non-hydrogen) atoms. The summed E-state index contributed by atoms with van der Waals surface area (Å²) in [6.07, 6.45) is -0.541. The minimum Gasteiger partial charge on any atom is -0.497 e. The van der Waals surface area contributed by atoms with Crippen molar-refractivity contribution >= 4 is 16.7 Å². The van der Waals surface area contributed by atoms with E-state index < -0.39 is 11.7 Å². The van der Waals surface area contributed by atoms with Crippen molar-refractivity contribution in [3.63, 3.8) is 0 Å². The smallest absolute Gasteiger partial charge is 0.418 e. The average Bonchev–Trinajstić information content (AvgIpc) is 2.96. The molecular formula is C31H27F3N4O2. The van der Waals surface area contributed by atoms with Gasteiger partial charge in [-0.15, -0.1) is 0 Å². The predicted octanol–water partition coefficient (Wildman–Crippen LogP) is 7.24. The van der Waals surface area contributed by atoms with Crippen LogP contribution < -0.4 is 14.4 Å². The SMILES string of the molecule is COc1ccc(CN(Cc2ccc(OC)cc2)c2ncc(C(F)(F)F)c(C)c2-c2ccc3cncnc3c2)cc1. The first-order valence-electron chi connectivity index (χ1n) is 12.5. The van der Waals surface area contributed by atoms with E-state index in [2.05, 4.69) is 15.0 Å². The van der Waals surface area contributed by atoms with E-state index in [1.165, 1.54) is 13.3 Å². The maximum Gasteiger partial charge on any atom is 0.418 e. The highest BCUT2D eigenvalue weighted by Crippen LogP contribution is 2.41. The van der Waals surface area contributed by atoms with Crippen LogP contribution in [0.15, 0.2) is 85.5 Å². The van der Waals surface area contributed by atoms with Crippen LogP contribution in [-0.2, 0) is 19.3 Å². The van der Waals surface area contributed by atoms with E-state index >= 15 is 0 Å². The molecule has 0 saturated carbocycles. The van der Waals surface area contributed by atoms with Crippen molar-refractivity contribution in [3.8, 4) is 22.6 Å². The third-order valence-corrected chi connectivity index (χ3v) is 6.78. The molecule has 2 aromatic heterocycles. The minimum absolute atomic E-state index is 0.0976. The molecule has 5 aromatic rings. The second-order valence-corrected chi connectivity index (χ2v) is 9.34. The number of anilines is 1. The van der Waals surface area contributed by atoms with Gasteiger partial charge in [0.15, 0.2) is 0 Å². The number of pyridine rings is 1. The third kappa shape index (κ3) is 5.68. The lowest BCUT2D eigenvalue weighted by Crippen LogP contribution is -2.25. The van der Waals surface area contributed by atoms with E-state index in [0.29, 0.717) is 47.1 Å². The van der Waals surface area contributed by atoms with Crippen molar-refractivity contribution < 1.29 is 22.6 Å². The van der Waals surface area contributed by atoms with Crippen LogP contribution >= 0.6 is 0 Å². The molecule has 3 aromatic carbocycles. The molecule has 0 aliphatic carbocycles. The second kappa shape index (κ2) is 11.2. The summed E-state index contributed by atoms with van der Waals surface area (Å²) in [6, 6.07) is 20.5.